The maximum absolute atomic E-state index is 11.6. The molecule has 0 saturated carbocycles. The van der Waals surface area contributed by atoms with Crippen LogP contribution in [0.3, 0.4) is 0 Å². The van der Waals surface area contributed by atoms with E-state index >= 15 is 0 Å². The molecule has 3 atom stereocenters. The highest BCUT2D eigenvalue weighted by molar-refractivity contribution is 6.30. The second-order valence-electron chi connectivity index (χ2n) is 6.48. The summed E-state index contributed by atoms with van der Waals surface area (Å²) in [6, 6.07) is 5.37. The smallest absolute Gasteiger partial charge is 0.128 e. The molecule has 2 N–H and O–H groups in total. The first-order valence-corrected chi connectivity index (χ1v) is 7.44. The van der Waals surface area contributed by atoms with Crippen LogP contribution < -0.4 is 4.74 Å². The molecule has 1 spiro atoms. The molecule has 3 aliphatic heterocycles. The number of nitrogens with zero attached hydrogens (tertiary/aromatic N) is 2. The SMILES string of the molecule is CN1C[C@H]2Oc3ccc(Cl)cc3[C@]3(O)CN(C)C(=N)[C@]23C1. The van der Waals surface area contributed by atoms with Crippen molar-refractivity contribution in [3.8, 4) is 5.75 Å². The van der Waals surface area contributed by atoms with Gasteiger partial charge in [0.2, 0.25) is 0 Å². The fourth-order valence-electron chi connectivity index (χ4n) is 4.30. The number of halogens is 1. The molecule has 0 radical (unpaired) electrons. The van der Waals surface area contributed by atoms with Crippen molar-refractivity contribution in [1.82, 2.24) is 9.80 Å². The molecule has 4 rings (SSSR count). The number of hydrogen-bond acceptors (Lipinski definition) is 4. The normalized spacial score (nSPS) is 38.0. The van der Waals surface area contributed by atoms with Crippen molar-refractivity contribution < 1.29 is 9.84 Å². The van der Waals surface area contributed by atoms with Gasteiger partial charge in [-0.15, -0.1) is 0 Å². The van der Waals surface area contributed by atoms with E-state index in [0.717, 1.165) is 0 Å². The van der Waals surface area contributed by atoms with Gasteiger partial charge in [0, 0.05) is 30.7 Å². The Labute approximate surface area is 128 Å². The number of fused-ring (bicyclic) bond motifs is 2. The molecule has 0 bridgehead atoms. The lowest BCUT2D eigenvalue weighted by Gasteiger charge is -2.46. The summed E-state index contributed by atoms with van der Waals surface area (Å²) in [4.78, 5) is 3.95. The van der Waals surface area contributed by atoms with Gasteiger partial charge in [-0.25, -0.2) is 0 Å². The van der Waals surface area contributed by atoms with Gasteiger partial charge in [-0.1, -0.05) is 11.6 Å². The quantitative estimate of drug-likeness (QED) is 0.755. The molecule has 0 aliphatic carbocycles. The maximum atomic E-state index is 11.6. The first-order valence-electron chi connectivity index (χ1n) is 7.06. The summed E-state index contributed by atoms with van der Waals surface area (Å²) in [6.07, 6.45) is -0.210. The third kappa shape index (κ3) is 1.42. The number of nitrogens with one attached hydrogen (secondary N) is 1. The molecular formula is C15H18ClN3O2. The predicted molar refractivity (Wildman–Crippen MR) is 80.1 cm³/mol. The van der Waals surface area contributed by atoms with Gasteiger partial charge in [-0.3, -0.25) is 5.41 Å². The van der Waals surface area contributed by atoms with E-state index in [2.05, 4.69) is 4.90 Å². The van der Waals surface area contributed by atoms with Gasteiger partial charge in [-0.05, 0) is 25.2 Å². The van der Waals surface area contributed by atoms with Gasteiger partial charge in [-0.2, -0.15) is 0 Å². The Morgan fingerprint density at radius 1 is 1.38 bits per heavy atom. The standard InChI is InChI=1S/C15H18ClN3O2/c1-18-6-12-14(7-18)13(17)19(2)8-15(14,20)10-5-9(16)3-4-11(10)21-12/h3-5,12,17,20H,6-8H2,1-2H3/t12-,14+,15-/m1/s1. The van der Waals surface area contributed by atoms with Gasteiger partial charge in [0.1, 0.15) is 28.7 Å². The van der Waals surface area contributed by atoms with E-state index in [1.807, 2.05) is 25.1 Å². The van der Waals surface area contributed by atoms with Crippen molar-refractivity contribution in [3.63, 3.8) is 0 Å². The average Bonchev–Trinajstić information content (AvgIpc) is 2.85. The summed E-state index contributed by atoms with van der Waals surface area (Å²) in [5.74, 6) is 1.13. The first kappa shape index (κ1) is 13.4. The van der Waals surface area contributed by atoms with Crippen molar-refractivity contribution in [2.24, 2.45) is 5.41 Å². The average molecular weight is 308 g/mol. The number of β-amino-alcohol motifs (C(OH)–C–C–N with tert-alkyl or cyclic N) is 1. The van der Waals surface area contributed by atoms with Crippen LogP contribution in [-0.2, 0) is 5.60 Å². The molecule has 3 heterocycles. The van der Waals surface area contributed by atoms with Crippen LogP contribution in [0, 0.1) is 10.8 Å². The molecule has 2 saturated heterocycles. The molecule has 1 aromatic carbocycles. The molecule has 21 heavy (non-hydrogen) atoms. The molecular weight excluding hydrogens is 290 g/mol. The number of likely N-dealkylation sites (tertiary alicyclic amines) is 2. The lowest BCUT2D eigenvalue weighted by molar-refractivity contribution is -0.0879. The van der Waals surface area contributed by atoms with Crippen LogP contribution in [0.25, 0.3) is 0 Å². The van der Waals surface area contributed by atoms with E-state index < -0.39 is 11.0 Å². The summed E-state index contributed by atoms with van der Waals surface area (Å²) in [7, 11) is 3.85. The van der Waals surface area contributed by atoms with Crippen LogP contribution in [0.2, 0.25) is 5.02 Å². The molecule has 0 aromatic heterocycles. The Hall–Kier alpha value is -1.30. The Bertz CT molecular complexity index is 652. The second-order valence-corrected chi connectivity index (χ2v) is 6.92. The Morgan fingerprint density at radius 3 is 2.90 bits per heavy atom. The first-order chi connectivity index (χ1) is 9.88. The maximum Gasteiger partial charge on any atom is 0.128 e. The molecule has 3 aliphatic rings. The molecule has 0 unspecified atom stereocenters. The summed E-state index contributed by atoms with van der Waals surface area (Å²) in [5, 5.41) is 20.7. The van der Waals surface area contributed by atoms with Crippen LogP contribution in [0.5, 0.6) is 5.75 Å². The molecule has 112 valence electrons. The van der Waals surface area contributed by atoms with E-state index in [-0.39, 0.29) is 6.10 Å². The predicted octanol–water partition coefficient (Wildman–Crippen LogP) is 1.14. The zero-order chi connectivity index (χ0) is 15.0. The molecule has 2 fully saturated rings. The summed E-state index contributed by atoms with van der Waals surface area (Å²) in [5.41, 5.74) is -1.14. The lowest BCUT2D eigenvalue weighted by atomic mass is 9.66. The van der Waals surface area contributed by atoms with Gasteiger partial charge >= 0.3 is 0 Å². The van der Waals surface area contributed by atoms with Gasteiger partial charge < -0.3 is 19.6 Å². The second kappa shape index (κ2) is 3.91. The number of aliphatic hydroxyl groups is 1. The summed E-state index contributed by atoms with van der Waals surface area (Å²) in [6.45, 7) is 1.72. The minimum Gasteiger partial charge on any atom is -0.487 e. The molecule has 0 amide bonds. The lowest BCUT2D eigenvalue weighted by Crippen LogP contribution is -2.58. The number of amidine groups is 1. The summed E-state index contributed by atoms with van der Waals surface area (Å²) >= 11 is 6.13. The highest BCUT2D eigenvalue weighted by Crippen LogP contribution is 2.58. The zero-order valence-corrected chi connectivity index (χ0v) is 12.8. The van der Waals surface area contributed by atoms with Crippen molar-refractivity contribution in [1.29, 1.82) is 5.41 Å². The van der Waals surface area contributed by atoms with Crippen molar-refractivity contribution >= 4 is 17.4 Å². The molecule has 1 aromatic rings. The van der Waals surface area contributed by atoms with Gasteiger partial charge in [0.05, 0.1) is 6.54 Å². The number of hydrogen-bond donors (Lipinski definition) is 2. The Morgan fingerprint density at radius 2 is 2.14 bits per heavy atom. The van der Waals surface area contributed by atoms with Crippen LogP contribution in [0.4, 0.5) is 0 Å². The molecule has 5 nitrogen and oxygen atoms in total. The van der Waals surface area contributed by atoms with Crippen molar-refractivity contribution in [2.75, 3.05) is 33.7 Å². The number of likely N-dealkylation sites (N-methyl/N-ethyl adjacent to an activating group) is 2. The van der Waals surface area contributed by atoms with Crippen LogP contribution in [-0.4, -0.2) is 60.6 Å². The van der Waals surface area contributed by atoms with E-state index in [4.69, 9.17) is 21.7 Å². The van der Waals surface area contributed by atoms with Crippen LogP contribution in [0.15, 0.2) is 18.2 Å². The van der Waals surface area contributed by atoms with Gasteiger partial charge in [0.15, 0.2) is 0 Å². The number of benzene rings is 1. The van der Waals surface area contributed by atoms with Crippen LogP contribution >= 0.6 is 11.6 Å². The van der Waals surface area contributed by atoms with E-state index in [1.54, 1.807) is 12.1 Å². The Balaban J connectivity index is 1.99. The third-order valence-electron chi connectivity index (χ3n) is 5.21. The van der Waals surface area contributed by atoms with Crippen molar-refractivity contribution in [2.45, 2.75) is 11.7 Å². The van der Waals surface area contributed by atoms with E-state index in [9.17, 15) is 5.11 Å². The van der Waals surface area contributed by atoms with E-state index in [0.29, 0.717) is 41.8 Å². The monoisotopic (exact) mass is 307 g/mol. The number of ether oxygens (including phenoxy) is 1. The topological polar surface area (TPSA) is 59.8 Å². The van der Waals surface area contributed by atoms with Crippen molar-refractivity contribution in [3.05, 3.63) is 28.8 Å². The highest BCUT2D eigenvalue weighted by atomic mass is 35.5. The fourth-order valence-corrected chi connectivity index (χ4v) is 4.47. The summed E-state index contributed by atoms with van der Waals surface area (Å²) < 4.78 is 6.14. The minimum atomic E-state index is -1.13. The minimum absolute atomic E-state index is 0.210. The number of rotatable bonds is 0. The molecule has 6 heteroatoms. The van der Waals surface area contributed by atoms with Gasteiger partial charge in [0.25, 0.3) is 0 Å². The van der Waals surface area contributed by atoms with E-state index in [1.165, 1.54) is 0 Å². The zero-order valence-electron chi connectivity index (χ0n) is 12.1. The highest BCUT2D eigenvalue weighted by Gasteiger charge is 2.71. The van der Waals surface area contributed by atoms with Crippen LogP contribution in [0.1, 0.15) is 5.56 Å². The largest absolute Gasteiger partial charge is 0.487 e. The third-order valence-corrected chi connectivity index (χ3v) is 5.45. The fraction of sp³-hybridized carbons (Fsp3) is 0.533. The Kier molecular flexibility index (Phi) is 2.49.